The molecule has 0 aliphatic heterocycles. The number of hydrogen-bond acceptors (Lipinski definition) is 1. The molecule has 0 saturated carbocycles. The van der Waals surface area contributed by atoms with Gasteiger partial charge in [0.05, 0.1) is 0 Å². The lowest BCUT2D eigenvalue weighted by molar-refractivity contribution is 0.261. The average molecular weight is 206 g/mol. The summed E-state index contributed by atoms with van der Waals surface area (Å²) in [6.45, 7) is 9.05. The topological polar surface area (TPSA) is 20.2 Å². The van der Waals surface area contributed by atoms with Crippen molar-refractivity contribution in [2.24, 2.45) is 5.92 Å². The largest absolute Gasteiger partial charge is 0.396 e. The molecule has 0 heterocycles. The van der Waals surface area contributed by atoms with E-state index < -0.39 is 0 Å². The highest BCUT2D eigenvalue weighted by atomic mass is 16.3. The van der Waals surface area contributed by atoms with Crippen LogP contribution in [0.25, 0.3) is 0 Å². The van der Waals surface area contributed by atoms with Crippen molar-refractivity contribution in [3.05, 3.63) is 34.9 Å². The first kappa shape index (κ1) is 12.3. The standard InChI is InChI=1S/C14H22O/c1-10(2)13(8-9-15)14-7-5-6-11(3)12(14)4/h5-7,10,13,15H,8-9H2,1-4H3. The zero-order valence-corrected chi connectivity index (χ0v) is 10.2. The fourth-order valence-electron chi connectivity index (χ4n) is 2.16. The highest BCUT2D eigenvalue weighted by Gasteiger charge is 2.17. The maximum Gasteiger partial charge on any atom is 0.0436 e. The van der Waals surface area contributed by atoms with Crippen LogP contribution < -0.4 is 0 Å². The molecule has 1 unspecified atom stereocenters. The van der Waals surface area contributed by atoms with Crippen LogP contribution in [0, 0.1) is 19.8 Å². The number of benzene rings is 1. The second-order valence-corrected chi connectivity index (χ2v) is 4.65. The van der Waals surface area contributed by atoms with Crippen LogP contribution in [0.15, 0.2) is 18.2 Å². The van der Waals surface area contributed by atoms with E-state index in [1.54, 1.807) is 0 Å². The van der Waals surface area contributed by atoms with Gasteiger partial charge in [0.2, 0.25) is 0 Å². The Hall–Kier alpha value is -0.820. The molecule has 1 atom stereocenters. The van der Waals surface area contributed by atoms with E-state index >= 15 is 0 Å². The third-order valence-electron chi connectivity index (χ3n) is 3.29. The van der Waals surface area contributed by atoms with E-state index in [2.05, 4.69) is 45.9 Å². The summed E-state index contributed by atoms with van der Waals surface area (Å²) in [5.74, 6) is 1.06. The Kier molecular flexibility index (Phi) is 4.34. The quantitative estimate of drug-likeness (QED) is 0.800. The second-order valence-electron chi connectivity index (χ2n) is 4.65. The summed E-state index contributed by atoms with van der Waals surface area (Å²) >= 11 is 0. The molecule has 1 nitrogen and oxygen atoms in total. The van der Waals surface area contributed by atoms with Crippen LogP contribution in [-0.4, -0.2) is 11.7 Å². The Labute approximate surface area is 93.1 Å². The van der Waals surface area contributed by atoms with Crippen LogP contribution in [0.3, 0.4) is 0 Å². The van der Waals surface area contributed by atoms with Crippen molar-refractivity contribution < 1.29 is 5.11 Å². The predicted octanol–water partition coefficient (Wildman–Crippen LogP) is 3.43. The molecule has 1 aromatic rings. The SMILES string of the molecule is Cc1cccc(C(CCO)C(C)C)c1C. The van der Waals surface area contributed by atoms with Gasteiger partial charge in [0.1, 0.15) is 0 Å². The van der Waals surface area contributed by atoms with Crippen molar-refractivity contribution in [3.63, 3.8) is 0 Å². The Morgan fingerprint density at radius 3 is 2.40 bits per heavy atom. The van der Waals surface area contributed by atoms with Crippen molar-refractivity contribution >= 4 is 0 Å². The van der Waals surface area contributed by atoms with Gasteiger partial charge in [-0.15, -0.1) is 0 Å². The fraction of sp³-hybridized carbons (Fsp3) is 0.571. The maximum atomic E-state index is 9.11. The lowest BCUT2D eigenvalue weighted by Crippen LogP contribution is -2.10. The van der Waals surface area contributed by atoms with Gasteiger partial charge < -0.3 is 5.11 Å². The molecule has 84 valence electrons. The van der Waals surface area contributed by atoms with Gasteiger partial charge in [-0.25, -0.2) is 0 Å². The van der Waals surface area contributed by atoms with Crippen LogP contribution in [0.4, 0.5) is 0 Å². The van der Waals surface area contributed by atoms with Crippen molar-refractivity contribution in [1.29, 1.82) is 0 Å². The van der Waals surface area contributed by atoms with Gasteiger partial charge in [-0.3, -0.25) is 0 Å². The summed E-state index contributed by atoms with van der Waals surface area (Å²) in [5, 5.41) is 9.11. The number of rotatable bonds is 4. The smallest absolute Gasteiger partial charge is 0.0436 e. The van der Waals surface area contributed by atoms with Crippen LogP contribution in [0.1, 0.15) is 42.9 Å². The molecular weight excluding hydrogens is 184 g/mol. The summed E-state index contributed by atoms with van der Waals surface area (Å²) in [5.41, 5.74) is 4.12. The first-order chi connectivity index (χ1) is 7.07. The highest BCUT2D eigenvalue weighted by Crippen LogP contribution is 2.30. The predicted molar refractivity (Wildman–Crippen MR) is 65.2 cm³/mol. The fourth-order valence-corrected chi connectivity index (χ4v) is 2.16. The summed E-state index contributed by atoms with van der Waals surface area (Å²) in [6, 6.07) is 6.46. The van der Waals surface area contributed by atoms with Crippen molar-refractivity contribution in [3.8, 4) is 0 Å². The van der Waals surface area contributed by atoms with E-state index in [0.717, 1.165) is 6.42 Å². The molecular formula is C14H22O. The van der Waals surface area contributed by atoms with E-state index in [9.17, 15) is 0 Å². The van der Waals surface area contributed by atoms with E-state index in [0.29, 0.717) is 11.8 Å². The van der Waals surface area contributed by atoms with E-state index in [1.807, 2.05) is 0 Å². The molecule has 0 radical (unpaired) electrons. The first-order valence-corrected chi connectivity index (χ1v) is 5.75. The van der Waals surface area contributed by atoms with E-state index in [1.165, 1.54) is 16.7 Å². The van der Waals surface area contributed by atoms with Gasteiger partial charge in [-0.05, 0) is 48.8 Å². The normalized spacial score (nSPS) is 13.2. The maximum absolute atomic E-state index is 9.11. The van der Waals surface area contributed by atoms with E-state index in [-0.39, 0.29) is 6.61 Å². The third-order valence-corrected chi connectivity index (χ3v) is 3.29. The number of aliphatic hydroxyl groups excluding tert-OH is 1. The highest BCUT2D eigenvalue weighted by molar-refractivity contribution is 5.35. The molecule has 0 amide bonds. The Bertz CT molecular complexity index is 315. The zero-order chi connectivity index (χ0) is 11.4. The lowest BCUT2D eigenvalue weighted by Gasteiger charge is -2.23. The second kappa shape index (κ2) is 5.32. The van der Waals surface area contributed by atoms with Crippen molar-refractivity contribution in [2.75, 3.05) is 6.61 Å². The minimum absolute atomic E-state index is 0.274. The molecule has 0 bridgehead atoms. The molecule has 0 aliphatic carbocycles. The number of aryl methyl sites for hydroxylation is 1. The Morgan fingerprint density at radius 1 is 1.20 bits per heavy atom. The minimum Gasteiger partial charge on any atom is -0.396 e. The lowest BCUT2D eigenvalue weighted by atomic mass is 9.83. The van der Waals surface area contributed by atoms with Crippen LogP contribution in [-0.2, 0) is 0 Å². The number of hydrogen-bond donors (Lipinski definition) is 1. The van der Waals surface area contributed by atoms with Gasteiger partial charge in [-0.2, -0.15) is 0 Å². The van der Waals surface area contributed by atoms with Crippen molar-refractivity contribution in [2.45, 2.75) is 40.0 Å². The molecule has 1 aromatic carbocycles. The Balaban J connectivity index is 3.05. The summed E-state index contributed by atoms with van der Waals surface area (Å²) in [6.07, 6.45) is 0.863. The molecule has 1 N–H and O–H groups in total. The van der Waals surface area contributed by atoms with Gasteiger partial charge in [0, 0.05) is 6.61 Å². The third kappa shape index (κ3) is 2.82. The first-order valence-electron chi connectivity index (χ1n) is 5.75. The van der Waals surface area contributed by atoms with Gasteiger partial charge in [0.15, 0.2) is 0 Å². The molecule has 1 heteroatoms. The molecule has 0 aromatic heterocycles. The van der Waals surface area contributed by atoms with E-state index in [4.69, 9.17) is 5.11 Å². The molecule has 0 fully saturated rings. The van der Waals surface area contributed by atoms with Crippen LogP contribution in [0.5, 0.6) is 0 Å². The monoisotopic (exact) mass is 206 g/mol. The summed E-state index contributed by atoms with van der Waals surface area (Å²) < 4.78 is 0. The number of aliphatic hydroxyl groups is 1. The van der Waals surface area contributed by atoms with Gasteiger partial charge >= 0.3 is 0 Å². The molecule has 1 rings (SSSR count). The minimum atomic E-state index is 0.274. The molecule has 15 heavy (non-hydrogen) atoms. The zero-order valence-electron chi connectivity index (χ0n) is 10.2. The summed E-state index contributed by atoms with van der Waals surface area (Å²) in [7, 11) is 0. The molecule has 0 aliphatic rings. The van der Waals surface area contributed by atoms with Gasteiger partial charge in [0.25, 0.3) is 0 Å². The summed E-state index contributed by atoms with van der Waals surface area (Å²) in [4.78, 5) is 0. The Morgan fingerprint density at radius 2 is 1.87 bits per heavy atom. The van der Waals surface area contributed by atoms with Crippen LogP contribution >= 0.6 is 0 Å². The molecule has 0 spiro atoms. The molecule has 0 saturated heterocycles. The van der Waals surface area contributed by atoms with Gasteiger partial charge in [-0.1, -0.05) is 32.0 Å². The average Bonchev–Trinajstić information content (AvgIpc) is 2.19. The van der Waals surface area contributed by atoms with Crippen molar-refractivity contribution in [1.82, 2.24) is 0 Å². The van der Waals surface area contributed by atoms with Crippen LogP contribution in [0.2, 0.25) is 0 Å².